The zero-order chi connectivity index (χ0) is 14.6. The minimum atomic E-state index is -3.61. The minimum Gasteiger partial charge on any atom is -0.395 e. The van der Waals surface area contributed by atoms with Crippen LogP contribution in [0, 0.1) is 0 Å². The average Bonchev–Trinajstić information content (AvgIpc) is 2.35. The van der Waals surface area contributed by atoms with E-state index in [2.05, 4.69) is 0 Å². The summed E-state index contributed by atoms with van der Waals surface area (Å²) in [6, 6.07) is 5.91. The second kappa shape index (κ2) is 6.47. The van der Waals surface area contributed by atoms with Gasteiger partial charge in [-0.2, -0.15) is 4.31 Å². The van der Waals surface area contributed by atoms with Crippen LogP contribution in [0.2, 0.25) is 0 Å². The molecule has 0 aliphatic carbocycles. The van der Waals surface area contributed by atoms with E-state index in [0.717, 1.165) is 0 Å². The molecule has 1 rings (SSSR count). The Morgan fingerprint density at radius 1 is 1.16 bits per heavy atom. The van der Waals surface area contributed by atoms with Crippen LogP contribution in [0.3, 0.4) is 0 Å². The van der Waals surface area contributed by atoms with E-state index < -0.39 is 16.1 Å². The Morgan fingerprint density at radius 3 is 2.05 bits per heavy atom. The minimum absolute atomic E-state index is 0.0676. The molecular formula is C13H21NO4S. The maximum atomic E-state index is 12.4. The van der Waals surface area contributed by atoms with Crippen molar-refractivity contribution < 1.29 is 18.6 Å². The molecule has 0 radical (unpaired) electrons. The molecule has 108 valence electrons. The third-order valence-electron chi connectivity index (χ3n) is 2.87. The van der Waals surface area contributed by atoms with E-state index >= 15 is 0 Å². The van der Waals surface area contributed by atoms with Crippen LogP contribution in [0.5, 0.6) is 0 Å². The summed E-state index contributed by atoms with van der Waals surface area (Å²) in [6.07, 6.45) is -0.629. The topological polar surface area (TPSA) is 77.8 Å². The largest absolute Gasteiger partial charge is 0.395 e. The molecule has 0 saturated carbocycles. The first-order valence-corrected chi connectivity index (χ1v) is 7.65. The number of sulfonamides is 1. The van der Waals surface area contributed by atoms with Crippen LogP contribution in [0.1, 0.15) is 32.4 Å². The predicted molar refractivity (Wildman–Crippen MR) is 73.2 cm³/mol. The van der Waals surface area contributed by atoms with E-state index in [0.29, 0.717) is 5.56 Å². The quantitative estimate of drug-likeness (QED) is 0.822. The van der Waals surface area contributed by atoms with Crippen LogP contribution in [-0.2, 0) is 10.0 Å². The number of nitrogens with zero attached hydrogens (tertiary/aromatic N) is 1. The molecule has 2 N–H and O–H groups in total. The molecule has 5 nitrogen and oxygen atoms in total. The lowest BCUT2D eigenvalue weighted by Crippen LogP contribution is -2.38. The van der Waals surface area contributed by atoms with E-state index in [-0.39, 0.29) is 24.1 Å². The predicted octanol–water partition coefficient (Wildman–Crippen LogP) is 1.13. The molecule has 0 heterocycles. The Balaban J connectivity index is 3.11. The van der Waals surface area contributed by atoms with Crippen LogP contribution in [0.25, 0.3) is 0 Å². The highest BCUT2D eigenvalue weighted by Crippen LogP contribution is 2.20. The van der Waals surface area contributed by atoms with Gasteiger partial charge in [0.25, 0.3) is 0 Å². The van der Waals surface area contributed by atoms with Gasteiger partial charge in [0.15, 0.2) is 0 Å². The van der Waals surface area contributed by atoms with Crippen molar-refractivity contribution in [3.8, 4) is 0 Å². The van der Waals surface area contributed by atoms with Gasteiger partial charge in [0.2, 0.25) is 10.0 Å². The van der Waals surface area contributed by atoms with Gasteiger partial charge in [0, 0.05) is 12.6 Å². The molecule has 0 fully saturated rings. The Hall–Kier alpha value is -0.950. The lowest BCUT2D eigenvalue weighted by molar-refractivity contribution is 0.199. The molecule has 1 aromatic rings. The van der Waals surface area contributed by atoms with Crippen molar-refractivity contribution in [3.05, 3.63) is 29.8 Å². The molecule has 19 heavy (non-hydrogen) atoms. The molecule has 1 atom stereocenters. The average molecular weight is 287 g/mol. The fourth-order valence-corrected chi connectivity index (χ4v) is 3.44. The highest BCUT2D eigenvalue weighted by Gasteiger charge is 2.26. The summed E-state index contributed by atoms with van der Waals surface area (Å²) < 4.78 is 26.0. The summed E-state index contributed by atoms with van der Waals surface area (Å²) in [5.41, 5.74) is 0.664. The summed E-state index contributed by atoms with van der Waals surface area (Å²) in [5.74, 6) is 0. The normalized spacial score (nSPS) is 14.1. The van der Waals surface area contributed by atoms with Crippen LogP contribution >= 0.6 is 0 Å². The standard InChI is InChI=1S/C13H21NO4S/c1-10(2)14(8-9-15)19(17,18)13-6-4-12(5-7-13)11(3)16/h4-7,10-11,15-16H,8-9H2,1-3H3. The van der Waals surface area contributed by atoms with Gasteiger partial charge in [-0.15, -0.1) is 0 Å². The van der Waals surface area contributed by atoms with Gasteiger partial charge in [0.05, 0.1) is 17.6 Å². The Bertz CT molecular complexity index is 494. The first-order chi connectivity index (χ1) is 8.80. The molecule has 0 amide bonds. The monoisotopic (exact) mass is 287 g/mol. The highest BCUT2D eigenvalue weighted by molar-refractivity contribution is 7.89. The van der Waals surface area contributed by atoms with Crippen molar-refractivity contribution in [3.63, 3.8) is 0 Å². The molecule has 0 aliphatic heterocycles. The lowest BCUT2D eigenvalue weighted by Gasteiger charge is -2.25. The first-order valence-electron chi connectivity index (χ1n) is 6.21. The van der Waals surface area contributed by atoms with Crippen LogP contribution < -0.4 is 0 Å². The van der Waals surface area contributed by atoms with Gasteiger partial charge >= 0.3 is 0 Å². The molecule has 6 heteroatoms. The van der Waals surface area contributed by atoms with Crippen molar-refractivity contribution in [1.82, 2.24) is 4.31 Å². The number of hydrogen-bond acceptors (Lipinski definition) is 4. The van der Waals surface area contributed by atoms with Gasteiger partial charge < -0.3 is 10.2 Å². The molecule has 1 aromatic carbocycles. The summed E-state index contributed by atoms with van der Waals surface area (Å²) in [4.78, 5) is 0.166. The Kier molecular flexibility index (Phi) is 5.49. The molecule has 0 aliphatic rings. The molecule has 0 aromatic heterocycles. The fraction of sp³-hybridized carbons (Fsp3) is 0.538. The summed E-state index contributed by atoms with van der Waals surface area (Å²) in [5, 5.41) is 18.4. The van der Waals surface area contributed by atoms with Gasteiger partial charge in [-0.3, -0.25) is 0 Å². The lowest BCUT2D eigenvalue weighted by atomic mass is 10.1. The number of aliphatic hydroxyl groups is 2. The van der Waals surface area contributed by atoms with E-state index in [1.807, 2.05) is 0 Å². The van der Waals surface area contributed by atoms with E-state index in [4.69, 9.17) is 5.11 Å². The van der Waals surface area contributed by atoms with E-state index in [9.17, 15) is 13.5 Å². The van der Waals surface area contributed by atoms with Crippen molar-refractivity contribution >= 4 is 10.0 Å². The number of rotatable bonds is 6. The van der Waals surface area contributed by atoms with Crippen molar-refractivity contribution in [2.45, 2.75) is 37.8 Å². The van der Waals surface area contributed by atoms with Crippen molar-refractivity contribution in [1.29, 1.82) is 0 Å². The zero-order valence-corrected chi connectivity index (χ0v) is 12.3. The fourth-order valence-electron chi connectivity index (χ4n) is 1.81. The maximum Gasteiger partial charge on any atom is 0.243 e. The molecule has 0 saturated heterocycles. The summed E-state index contributed by atoms with van der Waals surface area (Å²) in [7, 11) is -3.61. The van der Waals surface area contributed by atoms with Gasteiger partial charge in [-0.25, -0.2) is 8.42 Å². The summed E-state index contributed by atoms with van der Waals surface area (Å²) >= 11 is 0. The maximum absolute atomic E-state index is 12.4. The smallest absolute Gasteiger partial charge is 0.243 e. The van der Waals surface area contributed by atoms with Crippen molar-refractivity contribution in [2.24, 2.45) is 0 Å². The molecular weight excluding hydrogens is 266 g/mol. The third kappa shape index (κ3) is 3.76. The third-order valence-corrected chi connectivity index (χ3v) is 4.96. The molecule has 0 bridgehead atoms. The van der Waals surface area contributed by atoms with E-state index in [1.54, 1.807) is 32.9 Å². The second-order valence-corrected chi connectivity index (χ2v) is 6.57. The number of benzene rings is 1. The van der Waals surface area contributed by atoms with Gasteiger partial charge in [-0.1, -0.05) is 12.1 Å². The second-order valence-electron chi connectivity index (χ2n) is 4.68. The SMILES string of the molecule is CC(O)c1ccc(S(=O)(=O)N(CCO)C(C)C)cc1. The molecule has 0 spiro atoms. The van der Waals surface area contributed by atoms with E-state index in [1.165, 1.54) is 16.4 Å². The number of hydrogen-bond donors (Lipinski definition) is 2. The Labute approximate surface area is 114 Å². The van der Waals surface area contributed by atoms with Crippen LogP contribution in [-0.4, -0.2) is 42.1 Å². The van der Waals surface area contributed by atoms with Gasteiger partial charge in [0.1, 0.15) is 0 Å². The van der Waals surface area contributed by atoms with Gasteiger partial charge in [-0.05, 0) is 38.5 Å². The Morgan fingerprint density at radius 2 is 1.68 bits per heavy atom. The summed E-state index contributed by atoms with van der Waals surface area (Å²) in [6.45, 7) is 4.99. The van der Waals surface area contributed by atoms with Crippen LogP contribution in [0.4, 0.5) is 0 Å². The molecule has 1 unspecified atom stereocenters. The van der Waals surface area contributed by atoms with Crippen molar-refractivity contribution in [2.75, 3.05) is 13.2 Å². The zero-order valence-electron chi connectivity index (χ0n) is 11.4. The van der Waals surface area contributed by atoms with Crippen LogP contribution in [0.15, 0.2) is 29.2 Å². The highest BCUT2D eigenvalue weighted by atomic mass is 32.2. The first kappa shape index (κ1) is 16.1. The number of aliphatic hydroxyl groups excluding tert-OH is 2.